The summed E-state index contributed by atoms with van der Waals surface area (Å²) in [6.07, 6.45) is -0.556. The second kappa shape index (κ2) is 6.82. The highest BCUT2D eigenvalue weighted by atomic mass is 16.3. The summed E-state index contributed by atoms with van der Waals surface area (Å²) in [4.78, 5) is 12.8. The lowest BCUT2D eigenvalue weighted by atomic mass is 10.3. The highest BCUT2D eigenvalue weighted by Gasteiger charge is 2.09. The fraction of sp³-hybridized carbons (Fsp3) is 0.875. The molecule has 0 spiro atoms. The highest BCUT2D eigenvalue weighted by Crippen LogP contribution is 1.86. The topological polar surface area (TPSA) is 78.6 Å². The summed E-state index contributed by atoms with van der Waals surface area (Å²) in [7, 11) is 1.77. The summed E-state index contributed by atoms with van der Waals surface area (Å²) in [5, 5.41) is 11.8. The van der Waals surface area contributed by atoms with Gasteiger partial charge in [-0.15, -0.1) is 0 Å². The number of carbonyl (C=O) groups is 1. The van der Waals surface area contributed by atoms with Crippen molar-refractivity contribution in [1.29, 1.82) is 0 Å². The van der Waals surface area contributed by atoms with Gasteiger partial charge in [-0.1, -0.05) is 0 Å². The van der Waals surface area contributed by atoms with Crippen molar-refractivity contribution in [2.45, 2.75) is 13.0 Å². The first-order chi connectivity index (χ1) is 6.10. The van der Waals surface area contributed by atoms with E-state index in [1.165, 1.54) is 0 Å². The van der Waals surface area contributed by atoms with E-state index in [0.717, 1.165) is 0 Å². The summed E-state index contributed by atoms with van der Waals surface area (Å²) in [6, 6.07) is 0. The van der Waals surface area contributed by atoms with Crippen molar-refractivity contribution < 1.29 is 9.90 Å². The smallest absolute Gasteiger partial charge is 0.234 e. The Kier molecular flexibility index (Phi) is 6.48. The first kappa shape index (κ1) is 12.3. The van der Waals surface area contributed by atoms with Gasteiger partial charge in [-0.25, -0.2) is 0 Å². The Morgan fingerprint density at radius 2 is 2.31 bits per heavy atom. The van der Waals surface area contributed by atoms with Crippen LogP contribution < -0.4 is 11.1 Å². The molecular weight excluding hydrogens is 170 g/mol. The molecule has 78 valence electrons. The molecule has 0 saturated carbocycles. The average molecular weight is 189 g/mol. The van der Waals surface area contributed by atoms with E-state index in [0.29, 0.717) is 19.6 Å². The summed E-state index contributed by atoms with van der Waals surface area (Å²) in [5.41, 5.74) is 5.23. The summed E-state index contributed by atoms with van der Waals surface area (Å²) >= 11 is 0. The Labute approximate surface area is 78.9 Å². The van der Waals surface area contributed by atoms with Crippen LogP contribution in [0.5, 0.6) is 0 Å². The van der Waals surface area contributed by atoms with Crippen LogP contribution in [0.3, 0.4) is 0 Å². The van der Waals surface area contributed by atoms with Crippen LogP contribution in [0.1, 0.15) is 6.92 Å². The number of hydrogen-bond donors (Lipinski definition) is 3. The molecule has 0 aromatic heterocycles. The molecule has 4 N–H and O–H groups in total. The Hall–Kier alpha value is -0.650. The third-order valence-corrected chi connectivity index (χ3v) is 1.58. The van der Waals surface area contributed by atoms with E-state index in [1.807, 2.05) is 6.92 Å². The molecule has 0 aromatic carbocycles. The molecular formula is C8H19N3O2. The maximum Gasteiger partial charge on any atom is 0.234 e. The van der Waals surface area contributed by atoms with Gasteiger partial charge < -0.3 is 16.2 Å². The summed E-state index contributed by atoms with van der Waals surface area (Å²) < 4.78 is 0. The molecule has 0 fully saturated rings. The first-order valence-electron chi connectivity index (χ1n) is 4.43. The SMILES string of the molecule is CCNC(=O)CN(C)CC(O)CN. The number of hydrogen-bond acceptors (Lipinski definition) is 4. The van der Waals surface area contributed by atoms with Crippen molar-refractivity contribution in [1.82, 2.24) is 10.2 Å². The third kappa shape index (κ3) is 6.51. The van der Waals surface area contributed by atoms with Crippen LogP contribution in [0.4, 0.5) is 0 Å². The second-order valence-electron chi connectivity index (χ2n) is 3.04. The van der Waals surface area contributed by atoms with Crippen LogP contribution >= 0.6 is 0 Å². The largest absolute Gasteiger partial charge is 0.390 e. The van der Waals surface area contributed by atoms with Crippen molar-refractivity contribution in [3.8, 4) is 0 Å². The van der Waals surface area contributed by atoms with E-state index in [9.17, 15) is 9.90 Å². The maximum atomic E-state index is 11.1. The lowest BCUT2D eigenvalue weighted by molar-refractivity contribution is -0.122. The molecule has 13 heavy (non-hydrogen) atoms. The molecule has 1 unspecified atom stereocenters. The summed E-state index contributed by atoms with van der Waals surface area (Å²) in [5.74, 6) is -0.0331. The number of nitrogens with one attached hydrogen (secondary N) is 1. The molecule has 0 radical (unpaired) electrons. The molecule has 0 saturated heterocycles. The molecule has 5 heteroatoms. The highest BCUT2D eigenvalue weighted by molar-refractivity contribution is 5.77. The Morgan fingerprint density at radius 3 is 2.77 bits per heavy atom. The number of likely N-dealkylation sites (N-methyl/N-ethyl adjacent to an activating group) is 2. The van der Waals surface area contributed by atoms with Crippen LogP contribution in [0.2, 0.25) is 0 Å². The van der Waals surface area contributed by atoms with Gasteiger partial charge in [0.15, 0.2) is 0 Å². The molecule has 0 rings (SSSR count). The van der Waals surface area contributed by atoms with E-state index >= 15 is 0 Å². The maximum absolute atomic E-state index is 11.1. The number of rotatable bonds is 6. The predicted octanol–water partition coefficient (Wildman–Crippen LogP) is -1.63. The van der Waals surface area contributed by atoms with Gasteiger partial charge in [-0.2, -0.15) is 0 Å². The molecule has 1 amide bonds. The molecule has 0 aromatic rings. The van der Waals surface area contributed by atoms with Crippen LogP contribution in [0.25, 0.3) is 0 Å². The van der Waals surface area contributed by atoms with Gasteiger partial charge in [0, 0.05) is 19.6 Å². The number of aliphatic hydroxyl groups is 1. The number of nitrogens with zero attached hydrogens (tertiary/aromatic N) is 1. The van der Waals surface area contributed by atoms with Crippen molar-refractivity contribution in [3.63, 3.8) is 0 Å². The minimum Gasteiger partial charge on any atom is -0.390 e. The molecule has 5 nitrogen and oxygen atoms in total. The number of amides is 1. The normalized spacial score (nSPS) is 13.0. The third-order valence-electron chi connectivity index (χ3n) is 1.58. The standard InChI is InChI=1S/C8H19N3O2/c1-3-10-8(13)6-11(2)5-7(12)4-9/h7,12H,3-6,9H2,1-2H3,(H,10,13). The fourth-order valence-electron chi connectivity index (χ4n) is 0.997. The zero-order chi connectivity index (χ0) is 10.3. The van der Waals surface area contributed by atoms with Gasteiger partial charge in [0.05, 0.1) is 12.6 Å². The van der Waals surface area contributed by atoms with Crippen molar-refractivity contribution in [3.05, 3.63) is 0 Å². The second-order valence-corrected chi connectivity index (χ2v) is 3.04. The van der Waals surface area contributed by atoms with E-state index in [1.54, 1.807) is 11.9 Å². The fourth-order valence-corrected chi connectivity index (χ4v) is 0.997. The van der Waals surface area contributed by atoms with E-state index in [2.05, 4.69) is 5.32 Å². The zero-order valence-corrected chi connectivity index (χ0v) is 8.29. The number of nitrogens with two attached hydrogens (primary N) is 1. The van der Waals surface area contributed by atoms with Gasteiger partial charge in [0.25, 0.3) is 0 Å². The minimum atomic E-state index is -0.556. The first-order valence-corrected chi connectivity index (χ1v) is 4.43. The molecule has 0 bridgehead atoms. The van der Waals surface area contributed by atoms with Crippen LogP contribution in [0, 0.1) is 0 Å². The number of carbonyl (C=O) groups excluding carboxylic acids is 1. The van der Waals surface area contributed by atoms with Crippen molar-refractivity contribution in [2.75, 3.05) is 33.2 Å². The Balaban J connectivity index is 3.60. The van der Waals surface area contributed by atoms with E-state index < -0.39 is 6.10 Å². The van der Waals surface area contributed by atoms with Gasteiger partial charge >= 0.3 is 0 Å². The van der Waals surface area contributed by atoms with Gasteiger partial charge in [-0.3, -0.25) is 9.69 Å². The molecule has 0 aliphatic carbocycles. The monoisotopic (exact) mass is 189 g/mol. The lowest BCUT2D eigenvalue weighted by Gasteiger charge is -2.18. The van der Waals surface area contributed by atoms with E-state index in [-0.39, 0.29) is 12.5 Å². The van der Waals surface area contributed by atoms with Crippen LogP contribution in [-0.2, 0) is 4.79 Å². The van der Waals surface area contributed by atoms with Crippen LogP contribution in [0.15, 0.2) is 0 Å². The Morgan fingerprint density at radius 1 is 1.69 bits per heavy atom. The van der Waals surface area contributed by atoms with Crippen LogP contribution in [-0.4, -0.2) is 55.2 Å². The quantitative estimate of drug-likeness (QED) is 0.469. The van der Waals surface area contributed by atoms with E-state index in [4.69, 9.17) is 5.73 Å². The molecule has 0 aliphatic rings. The number of aliphatic hydroxyl groups excluding tert-OH is 1. The summed E-state index contributed by atoms with van der Waals surface area (Å²) in [6.45, 7) is 3.44. The van der Waals surface area contributed by atoms with Crippen molar-refractivity contribution in [2.24, 2.45) is 5.73 Å². The molecule has 0 heterocycles. The van der Waals surface area contributed by atoms with Gasteiger partial charge in [-0.05, 0) is 14.0 Å². The minimum absolute atomic E-state index is 0.0331. The zero-order valence-electron chi connectivity index (χ0n) is 8.29. The average Bonchev–Trinajstić information content (AvgIpc) is 2.04. The molecule has 1 atom stereocenters. The van der Waals surface area contributed by atoms with Crippen molar-refractivity contribution >= 4 is 5.91 Å². The Bertz CT molecular complexity index is 152. The predicted molar refractivity (Wildman–Crippen MR) is 51.2 cm³/mol. The van der Waals surface area contributed by atoms with Gasteiger partial charge in [0.1, 0.15) is 0 Å². The van der Waals surface area contributed by atoms with Gasteiger partial charge in [0.2, 0.25) is 5.91 Å². The lowest BCUT2D eigenvalue weighted by Crippen LogP contribution is -2.40. The molecule has 0 aliphatic heterocycles.